The predicted octanol–water partition coefficient (Wildman–Crippen LogP) is 2.91. The van der Waals surface area contributed by atoms with Gasteiger partial charge in [-0.2, -0.15) is 5.10 Å². The van der Waals surface area contributed by atoms with E-state index in [1.165, 1.54) is 0 Å². The first-order valence-corrected chi connectivity index (χ1v) is 6.77. The number of anilines is 2. The Labute approximate surface area is 126 Å². The minimum atomic E-state index is -0.210. The highest BCUT2D eigenvalue weighted by atomic mass is 35.5. The third-order valence-electron chi connectivity index (χ3n) is 3.13. The number of nitrogens with two attached hydrogens (primary N) is 1. The van der Waals surface area contributed by atoms with E-state index in [4.69, 9.17) is 17.3 Å². The zero-order valence-corrected chi connectivity index (χ0v) is 11.8. The largest absolute Gasteiger partial charge is 0.397 e. The van der Waals surface area contributed by atoms with Gasteiger partial charge in [-0.05, 0) is 24.3 Å². The molecule has 0 aliphatic carbocycles. The molecule has 0 unspecified atom stereocenters. The molecular weight excluding hydrogens is 288 g/mol. The number of hydrogen-bond acceptors (Lipinski definition) is 3. The van der Waals surface area contributed by atoms with Crippen LogP contribution in [-0.4, -0.2) is 15.7 Å². The SMILES string of the molecule is Nc1ccc(Cl)cc1NC(=O)Cn1ncc2ccccc21. The van der Waals surface area contributed by atoms with Crippen molar-refractivity contribution in [3.8, 4) is 0 Å². The van der Waals surface area contributed by atoms with Gasteiger partial charge in [0.1, 0.15) is 6.54 Å². The van der Waals surface area contributed by atoms with Gasteiger partial charge >= 0.3 is 0 Å². The lowest BCUT2D eigenvalue weighted by Gasteiger charge is -2.09. The van der Waals surface area contributed by atoms with Crippen LogP contribution in [-0.2, 0) is 11.3 Å². The van der Waals surface area contributed by atoms with Gasteiger partial charge in [-0.15, -0.1) is 0 Å². The van der Waals surface area contributed by atoms with Crippen molar-refractivity contribution in [3.63, 3.8) is 0 Å². The van der Waals surface area contributed by atoms with Crippen molar-refractivity contribution >= 4 is 39.8 Å². The number of rotatable bonds is 3. The molecular formula is C15H13ClN4O. The molecule has 2 aromatic carbocycles. The van der Waals surface area contributed by atoms with E-state index in [1.807, 2.05) is 24.3 Å². The molecule has 0 saturated heterocycles. The molecule has 106 valence electrons. The molecule has 5 nitrogen and oxygen atoms in total. The Hall–Kier alpha value is -2.53. The number of carbonyl (C=O) groups excluding carboxylic acids is 1. The Balaban J connectivity index is 1.79. The fourth-order valence-electron chi connectivity index (χ4n) is 2.11. The fourth-order valence-corrected chi connectivity index (χ4v) is 2.29. The number of amides is 1. The Morgan fingerprint density at radius 2 is 2.10 bits per heavy atom. The molecule has 0 saturated carbocycles. The van der Waals surface area contributed by atoms with Crippen molar-refractivity contribution < 1.29 is 4.79 Å². The first-order chi connectivity index (χ1) is 10.1. The molecule has 6 heteroatoms. The Bertz CT molecular complexity index is 812. The second-order valence-corrected chi connectivity index (χ2v) is 5.08. The summed E-state index contributed by atoms with van der Waals surface area (Å²) in [5.74, 6) is -0.210. The Morgan fingerprint density at radius 1 is 1.29 bits per heavy atom. The maximum Gasteiger partial charge on any atom is 0.246 e. The normalized spacial score (nSPS) is 10.7. The molecule has 0 bridgehead atoms. The van der Waals surface area contributed by atoms with Crippen LogP contribution in [0.15, 0.2) is 48.7 Å². The smallest absolute Gasteiger partial charge is 0.246 e. The minimum Gasteiger partial charge on any atom is -0.397 e. The summed E-state index contributed by atoms with van der Waals surface area (Å²) in [6, 6.07) is 12.7. The van der Waals surface area contributed by atoms with E-state index < -0.39 is 0 Å². The summed E-state index contributed by atoms with van der Waals surface area (Å²) in [4.78, 5) is 12.1. The lowest BCUT2D eigenvalue weighted by atomic mass is 10.2. The number of aromatic nitrogens is 2. The Morgan fingerprint density at radius 3 is 2.95 bits per heavy atom. The molecule has 0 aliphatic heterocycles. The van der Waals surface area contributed by atoms with E-state index >= 15 is 0 Å². The molecule has 21 heavy (non-hydrogen) atoms. The van der Waals surface area contributed by atoms with Crippen LogP contribution in [0.2, 0.25) is 5.02 Å². The molecule has 3 N–H and O–H groups in total. The molecule has 1 aromatic heterocycles. The third kappa shape index (κ3) is 2.83. The summed E-state index contributed by atoms with van der Waals surface area (Å²) in [5, 5.41) is 8.47. The molecule has 0 radical (unpaired) electrons. The molecule has 0 fully saturated rings. The highest BCUT2D eigenvalue weighted by molar-refractivity contribution is 6.31. The summed E-state index contributed by atoms with van der Waals surface area (Å²) >= 11 is 5.90. The van der Waals surface area contributed by atoms with Gasteiger partial charge in [-0.25, -0.2) is 0 Å². The van der Waals surface area contributed by atoms with Crippen molar-refractivity contribution in [2.75, 3.05) is 11.1 Å². The highest BCUT2D eigenvalue weighted by Crippen LogP contribution is 2.23. The molecule has 3 rings (SSSR count). The average Bonchev–Trinajstić information content (AvgIpc) is 2.86. The number of halogens is 1. The van der Waals surface area contributed by atoms with Gasteiger partial charge in [0.2, 0.25) is 5.91 Å². The number of benzene rings is 2. The van der Waals surface area contributed by atoms with Gasteiger partial charge in [0, 0.05) is 10.4 Å². The number of hydrogen-bond donors (Lipinski definition) is 2. The number of carbonyl (C=O) groups is 1. The zero-order chi connectivity index (χ0) is 14.8. The molecule has 3 aromatic rings. The van der Waals surface area contributed by atoms with Crippen molar-refractivity contribution in [1.29, 1.82) is 0 Å². The first kappa shape index (κ1) is 13.5. The molecule has 0 aliphatic rings. The predicted molar refractivity (Wildman–Crippen MR) is 84.2 cm³/mol. The van der Waals surface area contributed by atoms with Crippen molar-refractivity contribution in [1.82, 2.24) is 9.78 Å². The van der Waals surface area contributed by atoms with Gasteiger partial charge in [0.15, 0.2) is 0 Å². The summed E-state index contributed by atoms with van der Waals surface area (Å²) in [5.41, 5.74) is 7.69. The topological polar surface area (TPSA) is 72.9 Å². The standard InChI is InChI=1S/C15H13ClN4O/c16-11-5-6-12(17)13(7-11)19-15(21)9-20-14-4-2-1-3-10(14)8-18-20/h1-8H,9,17H2,(H,19,21). The number of nitrogens with one attached hydrogen (secondary N) is 1. The van der Waals surface area contributed by atoms with E-state index in [1.54, 1.807) is 29.1 Å². The van der Waals surface area contributed by atoms with Gasteiger partial charge in [-0.3, -0.25) is 9.48 Å². The van der Waals surface area contributed by atoms with Crippen LogP contribution < -0.4 is 11.1 Å². The summed E-state index contributed by atoms with van der Waals surface area (Å²) < 4.78 is 1.64. The second kappa shape index (κ2) is 5.46. The van der Waals surface area contributed by atoms with Crippen LogP contribution in [0.5, 0.6) is 0 Å². The molecule has 1 amide bonds. The average molecular weight is 301 g/mol. The van der Waals surface area contributed by atoms with Crippen LogP contribution in [0.1, 0.15) is 0 Å². The molecule has 0 atom stereocenters. The maximum atomic E-state index is 12.1. The van der Waals surface area contributed by atoms with E-state index in [-0.39, 0.29) is 12.5 Å². The highest BCUT2D eigenvalue weighted by Gasteiger charge is 2.09. The van der Waals surface area contributed by atoms with E-state index in [2.05, 4.69) is 10.4 Å². The van der Waals surface area contributed by atoms with Crippen LogP contribution in [0.3, 0.4) is 0 Å². The summed E-state index contributed by atoms with van der Waals surface area (Å²) in [7, 11) is 0. The van der Waals surface area contributed by atoms with Gasteiger partial charge in [0.25, 0.3) is 0 Å². The number of nitrogens with zero attached hydrogens (tertiary/aromatic N) is 2. The number of nitrogen functional groups attached to an aromatic ring is 1. The van der Waals surface area contributed by atoms with Crippen LogP contribution in [0, 0.1) is 0 Å². The fraction of sp³-hybridized carbons (Fsp3) is 0.0667. The molecule has 0 spiro atoms. The van der Waals surface area contributed by atoms with E-state index in [0.717, 1.165) is 10.9 Å². The second-order valence-electron chi connectivity index (χ2n) is 4.64. The van der Waals surface area contributed by atoms with Crippen LogP contribution >= 0.6 is 11.6 Å². The van der Waals surface area contributed by atoms with Crippen molar-refractivity contribution in [2.24, 2.45) is 0 Å². The van der Waals surface area contributed by atoms with E-state index in [0.29, 0.717) is 16.4 Å². The van der Waals surface area contributed by atoms with Gasteiger partial charge in [-0.1, -0.05) is 29.8 Å². The lowest BCUT2D eigenvalue weighted by Crippen LogP contribution is -2.20. The zero-order valence-electron chi connectivity index (χ0n) is 11.1. The van der Waals surface area contributed by atoms with Gasteiger partial charge in [0.05, 0.1) is 23.1 Å². The van der Waals surface area contributed by atoms with E-state index in [9.17, 15) is 4.79 Å². The number of fused-ring (bicyclic) bond motifs is 1. The lowest BCUT2D eigenvalue weighted by molar-refractivity contribution is -0.116. The van der Waals surface area contributed by atoms with Crippen molar-refractivity contribution in [2.45, 2.75) is 6.54 Å². The van der Waals surface area contributed by atoms with Crippen LogP contribution in [0.4, 0.5) is 11.4 Å². The molecule has 1 heterocycles. The third-order valence-corrected chi connectivity index (χ3v) is 3.37. The summed E-state index contributed by atoms with van der Waals surface area (Å²) in [6.45, 7) is 0.111. The quantitative estimate of drug-likeness (QED) is 0.730. The monoisotopic (exact) mass is 300 g/mol. The van der Waals surface area contributed by atoms with Crippen molar-refractivity contribution in [3.05, 3.63) is 53.7 Å². The summed E-state index contributed by atoms with van der Waals surface area (Å²) in [6.07, 6.45) is 1.73. The van der Waals surface area contributed by atoms with Crippen LogP contribution in [0.25, 0.3) is 10.9 Å². The maximum absolute atomic E-state index is 12.1. The Kier molecular flexibility index (Phi) is 3.50. The minimum absolute atomic E-state index is 0.111. The first-order valence-electron chi connectivity index (χ1n) is 6.39. The number of para-hydroxylation sites is 1. The van der Waals surface area contributed by atoms with Gasteiger partial charge < -0.3 is 11.1 Å².